The fourth-order valence-electron chi connectivity index (χ4n) is 1.83. The molecular formula is C14H28N2O3. The number of carbonyl (C=O) groups excluding carboxylic acids is 2. The highest BCUT2D eigenvalue weighted by molar-refractivity contribution is 5.74. The fourth-order valence-corrected chi connectivity index (χ4v) is 1.83. The molecule has 1 aliphatic heterocycles. The van der Waals surface area contributed by atoms with Crippen molar-refractivity contribution in [3.63, 3.8) is 0 Å². The van der Waals surface area contributed by atoms with E-state index in [0.29, 0.717) is 13.1 Å². The number of carbonyl (C=O) groups is 2. The summed E-state index contributed by atoms with van der Waals surface area (Å²) in [5, 5.41) is 0. The molecule has 5 heteroatoms. The van der Waals surface area contributed by atoms with E-state index < -0.39 is 5.60 Å². The predicted octanol–water partition coefficient (Wildman–Crippen LogP) is 2.50. The van der Waals surface area contributed by atoms with Gasteiger partial charge in [0.25, 0.3) is 0 Å². The quantitative estimate of drug-likeness (QED) is 0.737. The Balaban J connectivity index is 0.00000154. The van der Waals surface area contributed by atoms with Gasteiger partial charge in [-0.25, -0.2) is 4.79 Å². The van der Waals surface area contributed by atoms with Gasteiger partial charge in [-0.1, -0.05) is 13.8 Å². The van der Waals surface area contributed by atoms with E-state index in [1.165, 1.54) is 0 Å². The van der Waals surface area contributed by atoms with E-state index >= 15 is 0 Å². The summed E-state index contributed by atoms with van der Waals surface area (Å²) in [7, 11) is 1.72. The summed E-state index contributed by atoms with van der Waals surface area (Å²) in [5.74, 6) is 0.0603. The molecule has 2 amide bonds. The number of hydrogen-bond donors (Lipinski definition) is 0. The van der Waals surface area contributed by atoms with E-state index in [1.807, 2.05) is 34.6 Å². The van der Waals surface area contributed by atoms with E-state index in [-0.39, 0.29) is 18.0 Å². The van der Waals surface area contributed by atoms with E-state index in [4.69, 9.17) is 4.74 Å². The van der Waals surface area contributed by atoms with Gasteiger partial charge in [0.05, 0.1) is 6.04 Å². The van der Waals surface area contributed by atoms with Crippen molar-refractivity contribution >= 4 is 12.0 Å². The molecule has 0 aromatic rings. The Morgan fingerprint density at radius 2 is 1.79 bits per heavy atom. The Morgan fingerprint density at radius 3 is 2.16 bits per heavy atom. The van der Waals surface area contributed by atoms with E-state index in [9.17, 15) is 9.59 Å². The second kappa shape index (κ2) is 7.36. The van der Waals surface area contributed by atoms with Gasteiger partial charge in [0.2, 0.25) is 5.91 Å². The molecule has 0 saturated carbocycles. The highest BCUT2D eigenvalue weighted by Crippen LogP contribution is 2.17. The van der Waals surface area contributed by atoms with Crippen LogP contribution in [0.15, 0.2) is 0 Å². The van der Waals surface area contributed by atoms with Gasteiger partial charge in [0, 0.05) is 27.1 Å². The largest absolute Gasteiger partial charge is 0.444 e. The Morgan fingerprint density at radius 1 is 1.26 bits per heavy atom. The van der Waals surface area contributed by atoms with Crippen LogP contribution in [0, 0.1) is 0 Å². The summed E-state index contributed by atoms with van der Waals surface area (Å²) in [6.45, 7) is 12.4. The third-order valence-electron chi connectivity index (χ3n) is 2.84. The summed E-state index contributed by atoms with van der Waals surface area (Å²) in [6, 6.07) is 0.0637. The number of ether oxygens (including phenoxy) is 1. The molecule has 112 valence electrons. The summed E-state index contributed by atoms with van der Waals surface area (Å²) in [6.07, 6.45) is 0.489. The lowest BCUT2D eigenvalue weighted by Crippen LogP contribution is -2.42. The van der Waals surface area contributed by atoms with Crippen LogP contribution >= 0.6 is 0 Å². The van der Waals surface area contributed by atoms with Crippen LogP contribution in [0.2, 0.25) is 0 Å². The van der Waals surface area contributed by atoms with Gasteiger partial charge >= 0.3 is 6.09 Å². The van der Waals surface area contributed by atoms with Gasteiger partial charge in [-0.05, 0) is 27.2 Å². The maximum absolute atomic E-state index is 11.8. The zero-order valence-corrected chi connectivity index (χ0v) is 13.3. The van der Waals surface area contributed by atoms with Crippen molar-refractivity contribution in [2.24, 2.45) is 0 Å². The topological polar surface area (TPSA) is 49.9 Å². The van der Waals surface area contributed by atoms with Crippen molar-refractivity contribution < 1.29 is 14.3 Å². The van der Waals surface area contributed by atoms with Gasteiger partial charge in [-0.3, -0.25) is 4.79 Å². The standard InChI is InChI=1S/C12H22N2O3.C2H6/c1-9(15)14-7-6-10(8-14)13(5)11(16)17-12(2,3)4;1-2/h10H,6-8H2,1-5H3;1-2H3. The molecule has 1 unspecified atom stereocenters. The van der Waals surface area contributed by atoms with Gasteiger partial charge in [0.1, 0.15) is 5.60 Å². The highest BCUT2D eigenvalue weighted by atomic mass is 16.6. The number of rotatable bonds is 1. The summed E-state index contributed by atoms with van der Waals surface area (Å²) >= 11 is 0. The van der Waals surface area contributed by atoms with Crippen LogP contribution in [0.25, 0.3) is 0 Å². The lowest BCUT2D eigenvalue weighted by Gasteiger charge is -2.28. The number of nitrogens with zero attached hydrogens (tertiary/aromatic N) is 2. The van der Waals surface area contributed by atoms with Crippen LogP contribution in [0.1, 0.15) is 48.0 Å². The molecular weight excluding hydrogens is 244 g/mol. The normalized spacial score (nSPS) is 18.5. The van der Waals surface area contributed by atoms with Crippen LogP contribution in [-0.4, -0.2) is 53.6 Å². The van der Waals surface area contributed by atoms with Crippen LogP contribution in [-0.2, 0) is 9.53 Å². The van der Waals surface area contributed by atoms with Crippen molar-refractivity contribution in [3.8, 4) is 0 Å². The molecule has 0 N–H and O–H groups in total. The first-order valence-corrected chi connectivity index (χ1v) is 6.92. The molecule has 0 aliphatic carbocycles. The Kier molecular flexibility index (Phi) is 6.87. The van der Waals surface area contributed by atoms with Gasteiger partial charge in [0.15, 0.2) is 0 Å². The minimum Gasteiger partial charge on any atom is -0.444 e. The minimum atomic E-state index is -0.482. The monoisotopic (exact) mass is 272 g/mol. The lowest BCUT2D eigenvalue weighted by atomic mass is 10.2. The molecule has 1 aliphatic rings. The van der Waals surface area contributed by atoms with Gasteiger partial charge in [-0.2, -0.15) is 0 Å². The molecule has 0 aromatic carbocycles. The van der Waals surface area contributed by atoms with Crippen molar-refractivity contribution in [1.29, 1.82) is 0 Å². The molecule has 0 bridgehead atoms. The summed E-state index contributed by atoms with van der Waals surface area (Å²) < 4.78 is 5.29. The number of hydrogen-bond acceptors (Lipinski definition) is 3. The lowest BCUT2D eigenvalue weighted by molar-refractivity contribution is -0.127. The van der Waals surface area contributed by atoms with Crippen molar-refractivity contribution in [1.82, 2.24) is 9.80 Å². The first-order chi connectivity index (χ1) is 8.70. The van der Waals surface area contributed by atoms with Gasteiger partial charge in [-0.15, -0.1) is 0 Å². The van der Waals surface area contributed by atoms with Crippen molar-refractivity contribution in [3.05, 3.63) is 0 Å². The molecule has 19 heavy (non-hydrogen) atoms. The number of amides is 2. The van der Waals surface area contributed by atoms with Crippen molar-refractivity contribution in [2.45, 2.75) is 59.6 Å². The summed E-state index contributed by atoms with van der Waals surface area (Å²) in [5.41, 5.74) is -0.482. The first kappa shape index (κ1) is 17.7. The average Bonchev–Trinajstić information content (AvgIpc) is 2.77. The van der Waals surface area contributed by atoms with Crippen LogP contribution in [0.5, 0.6) is 0 Å². The SMILES string of the molecule is CC.CC(=O)N1CCC(N(C)C(=O)OC(C)(C)C)C1. The zero-order chi connectivity index (χ0) is 15.2. The van der Waals surface area contributed by atoms with Crippen LogP contribution in [0.3, 0.4) is 0 Å². The third kappa shape index (κ3) is 5.94. The molecule has 1 heterocycles. The summed E-state index contributed by atoms with van der Waals surface area (Å²) in [4.78, 5) is 26.4. The maximum Gasteiger partial charge on any atom is 0.410 e. The molecule has 1 atom stereocenters. The first-order valence-electron chi connectivity index (χ1n) is 6.92. The molecule has 1 rings (SSSR count). The molecule has 1 fully saturated rings. The second-order valence-corrected chi connectivity index (χ2v) is 5.50. The molecule has 0 aromatic heterocycles. The van der Waals surface area contributed by atoms with Crippen LogP contribution < -0.4 is 0 Å². The second-order valence-electron chi connectivity index (χ2n) is 5.50. The number of likely N-dealkylation sites (tertiary alicyclic amines) is 1. The molecule has 0 spiro atoms. The molecule has 5 nitrogen and oxygen atoms in total. The van der Waals surface area contributed by atoms with E-state index in [1.54, 1.807) is 23.8 Å². The Hall–Kier alpha value is -1.26. The third-order valence-corrected chi connectivity index (χ3v) is 2.84. The predicted molar refractivity (Wildman–Crippen MR) is 76.0 cm³/mol. The maximum atomic E-state index is 11.8. The fraction of sp³-hybridized carbons (Fsp3) is 0.857. The average molecular weight is 272 g/mol. The molecule has 1 saturated heterocycles. The number of likely N-dealkylation sites (N-methyl/N-ethyl adjacent to an activating group) is 1. The molecule has 0 radical (unpaired) electrons. The Labute approximate surface area is 116 Å². The van der Waals surface area contributed by atoms with E-state index in [2.05, 4.69) is 0 Å². The minimum absolute atomic E-state index is 0.0603. The highest BCUT2D eigenvalue weighted by Gasteiger charge is 2.31. The van der Waals surface area contributed by atoms with Crippen LogP contribution in [0.4, 0.5) is 4.79 Å². The van der Waals surface area contributed by atoms with E-state index in [0.717, 1.165) is 6.42 Å². The Bertz CT molecular complexity index is 310. The van der Waals surface area contributed by atoms with Crippen molar-refractivity contribution in [2.75, 3.05) is 20.1 Å². The van der Waals surface area contributed by atoms with Gasteiger partial charge < -0.3 is 14.5 Å². The zero-order valence-electron chi connectivity index (χ0n) is 13.3. The smallest absolute Gasteiger partial charge is 0.410 e.